The molecule has 0 aromatic heterocycles. The normalized spacial score (nSPS) is 28.6. The number of ether oxygens (including phenoxy) is 1. The summed E-state index contributed by atoms with van der Waals surface area (Å²) in [4.78, 5) is 13.9. The summed E-state index contributed by atoms with van der Waals surface area (Å²) in [6.07, 6.45) is 0.585. The lowest BCUT2D eigenvalue weighted by Gasteiger charge is -2.44. The predicted octanol–water partition coefficient (Wildman–Crippen LogP) is 2.16. The Labute approximate surface area is 138 Å². The minimum atomic E-state index is -0.754. The van der Waals surface area contributed by atoms with Gasteiger partial charge in [0.25, 0.3) is 5.91 Å². The molecule has 0 saturated carbocycles. The number of morpholine rings is 1. The molecular formula is C15H17Cl2NO4. The largest absolute Gasteiger partial charge is 0.508 e. The first-order chi connectivity index (χ1) is 10.5. The van der Waals surface area contributed by atoms with Crippen molar-refractivity contribution in [1.82, 2.24) is 4.90 Å². The number of benzene rings is 1. The number of phenolic OH excluding ortho intramolecular Hbond substituents is 1. The first kappa shape index (κ1) is 15.9. The number of carbonyl (C=O) groups is 1. The Kier molecular flexibility index (Phi) is 4.50. The molecule has 0 unspecified atom stereocenters. The molecule has 3 rings (SSSR count). The summed E-state index contributed by atoms with van der Waals surface area (Å²) in [7, 11) is 0. The Morgan fingerprint density at radius 2 is 2.14 bits per heavy atom. The van der Waals surface area contributed by atoms with Crippen molar-refractivity contribution in [2.45, 2.75) is 30.9 Å². The van der Waals surface area contributed by atoms with Gasteiger partial charge in [-0.25, -0.2) is 0 Å². The molecule has 1 aromatic rings. The quantitative estimate of drug-likeness (QED) is 0.861. The number of nitrogens with zero attached hydrogens (tertiary/aromatic N) is 1. The van der Waals surface area contributed by atoms with Gasteiger partial charge in [-0.15, -0.1) is 0 Å². The molecule has 2 saturated heterocycles. The number of hydrogen-bond acceptors (Lipinski definition) is 4. The lowest BCUT2D eigenvalue weighted by Crippen LogP contribution is -2.57. The third-order valence-corrected chi connectivity index (χ3v) is 5.27. The third kappa shape index (κ3) is 2.67. The number of piperidine rings is 1. The molecule has 0 spiro atoms. The number of rotatable bonds is 2. The molecule has 120 valence electrons. The fourth-order valence-electron chi connectivity index (χ4n) is 3.32. The van der Waals surface area contributed by atoms with Gasteiger partial charge in [0.15, 0.2) is 6.10 Å². The van der Waals surface area contributed by atoms with Gasteiger partial charge in [-0.3, -0.25) is 4.79 Å². The van der Waals surface area contributed by atoms with Crippen molar-refractivity contribution in [3.63, 3.8) is 0 Å². The summed E-state index contributed by atoms with van der Waals surface area (Å²) < 4.78 is 5.41. The molecular weight excluding hydrogens is 329 g/mol. The highest BCUT2D eigenvalue weighted by Crippen LogP contribution is 2.43. The van der Waals surface area contributed by atoms with Crippen LogP contribution in [0.5, 0.6) is 5.75 Å². The maximum Gasteiger partial charge on any atom is 0.254 e. The van der Waals surface area contributed by atoms with Gasteiger partial charge < -0.3 is 19.8 Å². The molecule has 0 radical (unpaired) electrons. The van der Waals surface area contributed by atoms with Crippen molar-refractivity contribution < 1.29 is 19.7 Å². The van der Waals surface area contributed by atoms with E-state index in [-0.39, 0.29) is 30.2 Å². The molecule has 2 heterocycles. The number of hydrogen-bond donors (Lipinski definition) is 2. The van der Waals surface area contributed by atoms with Gasteiger partial charge in [0.2, 0.25) is 0 Å². The summed E-state index contributed by atoms with van der Waals surface area (Å²) in [6.45, 7) is 0.634. The van der Waals surface area contributed by atoms with Gasteiger partial charge in [0.1, 0.15) is 5.75 Å². The van der Waals surface area contributed by atoms with E-state index in [2.05, 4.69) is 0 Å². The Bertz CT molecular complexity index is 595. The summed E-state index contributed by atoms with van der Waals surface area (Å²) in [5, 5.41) is 20.0. The fourth-order valence-corrected chi connectivity index (χ4v) is 3.80. The van der Waals surface area contributed by atoms with Crippen molar-refractivity contribution in [2.75, 3.05) is 19.8 Å². The number of phenols is 1. The summed E-state index contributed by atoms with van der Waals surface area (Å²) >= 11 is 12.3. The highest BCUT2D eigenvalue weighted by Gasteiger charge is 2.40. The van der Waals surface area contributed by atoms with Gasteiger partial charge in [-0.05, 0) is 30.9 Å². The van der Waals surface area contributed by atoms with Crippen LogP contribution in [0.15, 0.2) is 12.1 Å². The summed E-state index contributed by atoms with van der Waals surface area (Å²) in [5.74, 6) is -0.0164. The molecule has 7 heteroatoms. The molecule has 2 fully saturated rings. The lowest BCUT2D eigenvalue weighted by atomic mass is 9.84. The van der Waals surface area contributed by atoms with Crippen molar-refractivity contribution in [1.29, 1.82) is 0 Å². The topological polar surface area (TPSA) is 70.0 Å². The van der Waals surface area contributed by atoms with Crippen molar-refractivity contribution >= 4 is 29.1 Å². The molecule has 0 aliphatic carbocycles. The fraction of sp³-hybridized carbons (Fsp3) is 0.533. The highest BCUT2D eigenvalue weighted by molar-refractivity contribution is 6.42. The van der Waals surface area contributed by atoms with Crippen LogP contribution in [0.4, 0.5) is 0 Å². The van der Waals surface area contributed by atoms with Crippen LogP contribution in [0.3, 0.4) is 0 Å². The molecule has 1 amide bonds. The van der Waals surface area contributed by atoms with E-state index in [4.69, 9.17) is 33.0 Å². The van der Waals surface area contributed by atoms with E-state index in [9.17, 15) is 9.90 Å². The van der Waals surface area contributed by atoms with Gasteiger partial charge in [0.05, 0.1) is 29.3 Å². The van der Waals surface area contributed by atoms with E-state index >= 15 is 0 Å². The standard InChI is InChI=1S/C15H17Cl2NO4/c16-10-1-2-11(20)13(14(10)17)8-3-4-18-9(5-8)7-22-12(6-19)15(18)21/h1-2,8-9,12,19-20H,3-7H2/t8-,9+,12-/m1/s1. The summed E-state index contributed by atoms with van der Waals surface area (Å²) in [5.41, 5.74) is 0.644. The Balaban J connectivity index is 1.82. The van der Waals surface area contributed by atoms with Crippen LogP contribution >= 0.6 is 23.2 Å². The van der Waals surface area contributed by atoms with Crippen LogP contribution in [0.2, 0.25) is 10.0 Å². The maximum absolute atomic E-state index is 12.2. The van der Waals surface area contributed by atoms with E-state index in [1.165, 1.54) is 0 Å². The van der Waals surface area contributed by atoms with Gasteiger partial charge in [-0.1, -0.05) is 23.2 Å². The minimum absolute atomic E-state index is 0.0227. The molecule has 2 N–H and O–H groups in total. The number of aromatic hydroxyl groups is 1. The van der Waals surface area contributed by atoms with E-state index in [1.54, 1.807) is 17.0 Å². The van der Waals surface area contributed by atoms with Gasteiger partial charge >= 0.3 is 0 Å². The predicted molar refractivity (Wildman–Crippen MR) is 82.4 cm³/mol. The van der Waals surface area contributed by atoms with E-state index in [0.29, 0.717) is 41.6 Å². The van der Waals surface area contributed by atoms with E-state index in [1.807, 2.05) is 0 Å². The van der Waals surface area contributed by atoms with Crippen molar-refractivity contribution in [3.8, 4) is 5.75 Å². The third-order valence-electron chi connectivity index (χ3n) is 4.45. The summed E-state index contributed by atoms with van der Waals surface area (Å²) in [6, 6.07) is 3.04. The van der Waals surface area contributed by atoms with Crippen LogP contribution < -0.4 is 0 Å². The molecule has 3 atom stereocenters. The lowest BCUT2D eigenvalue weighted by molar-refractivity contribution is -0.165. The van der Waals surface area contributed by atoms with Crippen LogP contribution in [-0.2, 0) is 9.53 Å². The second kappa shape index (κ2) is 6.24. The highest BCUT2D eigenvalue weighted by atomic mass is 35.5. The number of amides is 1. The molecule has 1 aromatic carbocycles. The van der Waals surface area contributed by atoms with Crippen LogP contribution in [0.1, 0.15) is 24.3 Å². The van der Waals surface area contributed by atoms with Crippen molar-refractivity contribution in [3.05, 3.63) is 27.7 Å². The zero-order valence-electron chi connectivity index (χ0n) is 11.8. The second-order valence-corrected chi connectivity index (χ2v) is 6.49. The average Bonchev–Trinajstić information content (AvgIpc) is 2.52. The monoisotopic (exact) mass is 345 g/mol. The SMILES string of the molecule is O=C1[C@@H](CO)OC[C@@H]2C[C@H](c3c(O)ccc(Cl)c3Cl)CCN12. The Morgan fingerprint density at radius 1 is 1.36 bits per heavy atom. The number of halogens is 2. The van der Waals surface area contributed by atoms with Crippen LogP contribution in [0, 0.1) is 0 Å². The number of fused-ring (bicyclic) bond motifs is 1. The Morgan fingerprint density at radius 3 is 2.86 bits per heavy atom. The number of aliphatic hydroxyl groups excluding tert-OH is 1. The van der Waals surface area contributed by atoms with E-state index in [0.717, 1.165) is 0 Å². The smallest absolute Gasteiger partial charge is 0.254 e. The van der Waals surface area contributed by atoms with Crippen LogP contribution in [0.25, 0.3) is 0 Å². The van der Waals surface area contributed by atoms with E-state index < -0.39 is 6.10 Å². The zero-order valence-corrected chi connectivity index (χ0v) is 13.3. The molecule has 22 heavy (non-hydrogen) atoms. The van der Waals surface area contributed by atoms with Gasteiger partial charge in [0, 0.05) is 12.1 Å². The molecule has 2 aliphatic heterocycles. The first-order valence-corrected chi connectivity index (χ1v) is 7.98. The average molecular weight is 346 g/mol. The number of aliphatic hydroxyl groups is 1. The van der Waals surface area contributed by atoms with Crippen molar-refractivity contribution in [2.24, 2.45) is 0 Å². The Hall–Kier alpha value is -1.01. The molecule has 0 bridgehead atoms. The van der Waals surface area contributed by atoms with Crippen LogP contribution in [-0.4, -0.2) is 52.9 Å². The minimum Gasteiger partial charge on any atom is -0.508 e. The number of carbonyl (C=O) groups excluding carboxylic acids is 1. The van der Waals surface area contributed by atoms with Gasteiger partial charge in [-0.2, -0.15) is 0 Å². The first-order valence-electron chi connectivity index (χ1n) is 7.22. The second-order valence-electron chi connectivity index (χ2n) is 5.71. The maximum atomic E-state index is 12.2. The molecule has 5 nitrogen and oxygen atoms in total. The zero-order chi connectivity index (χ0) is 15.9. The molecule has 2 aliphatic rings.